The zero-order valence-electron chi connectivity index (χ0n) is 16.4. The minimum absolute atomic E-state index is 0.00609. The number of carbonyl (C=O) groups is 2. The Morgan fingerprint density at radius 3 is 2.38 bits per heavy atom. The number of piperidine rings is 1. The number of hydrogen-bond donors (Lipinski definition) is 1. The molecule has 5 heteroatoms. The molecule has 1 saturated heterocycles. The van der Waals surface area contributed by atoms with Gasteiger partial charge in [0.2, 0.25) is 0 Å². The van der Waals surface area contributed by atoms with Crippen molar-refractivity contribution in [2.24, 2.45) is 5.92 Å². The Labute approximate surface area is 171 Å². The van der Waals surface area contributed by atoms with E-state index in [1.165, 1.54) is 5.56 Å². The number of nitrogens with zero attached hydrogens (tertiary/aromatic N) is 2. The molecule has 2 aromatic carbocycles. The van der Waals surface area contributed by atoms with Gasteiger partial charge in [0.05, 0.1) is 11.6 Å². The highest BCUT2D eigenvalue weighted by atomic mass is 16.2. The van der Waals surface area contributed by atoms with Gasteiger partial charge in [0, 0.05) is 30.3 Å². The first-order chi connectivity index (χ1) is 14.1. The Morgan fingerprint density at radius 2 is 1.72 bits per heavy atom. The number of carbonyl (C=O) groups excluding carboxylic acids is 2. The van der Waals surface area contributed by atoms with Crippen LogP contribution < -0.4 is 5.32 Å². The molecule has 1 aliphatic carbocycles. The molecule has 2 fully saturated rings. The van der Waals surface area contributed by atoms with Crippen LogP contribution in [0.2, 0.25) is 0 Å². The fraction of sp³-hybridized carbons (Fsp3) is 0.375. The van der Waals surface area contributed by atoms with Crippen molar-refractivity contribution in [1.29, 1.82) is 5.26 Å². The monoisotopic (exact) mass is 387 g/mol. The van der Waals surface area contributed by atoms with E-state index in [4.69, 9.17) is 5.26 Å². The van der Waals surface area contributed by atoms with Crippen molar-refractivity contribution in [2.75, 3.05) is 13.1 Å². The molecule has 0 aromatic heterocycles. The normalized spacial score (nSPS) is 16.9. The second-order valence-corrected chi connectivity index (χ2v) is 8.08. The lowest BCUT2D eigenvalue weighted by Crippen LogP contribution is -2.38. The molecule has 148 valence electrons. The van der Waals surface area contributed by atoms with Crippen molar-refractivity contribution < 1.29 is 9.59 Å². The first-order valence-corrected chi connectivity index (χ1v) is 10.3. The van der Waals surface area contributed by atoms with Crippen LogP contribution in [0.4, 0.5) is 0 Å². The maximum absolute atomic E-state index is 12.7. The van der Waals surface area contributed by atoms with Crippen LogP contribution in [-0.2, 0) is 6.42 Å². The van der Waals surface area contributed by atoms with E-state index in [0.29, 0.717) is 23.1 Å². The van der Waals surface area contributed by atoms with E-state index in [-0.39, 0.29) is 11.8 Å². The van der Waals surface area contributed by atoms with E-state index in [1.807, 2.05) is 29.2 Å². The number of likely N-dealkylation sites (tertiary alicyclic amines) is 1. The molecule has 1 aliphatic heterocycles. The van der Waals surface area contributed by atoms with Crippen LogP contribution in [0.3, 0.4) is 0 Å². The summed E-state index contributed by atoms with van der Waals surface area (Å²) in [6, 6.07) is 17.3. The van der Waals surface area contributed by atoms with Gasteiger partial charge in [-0.25, -0.2) is 0 Å². The van der Waals surface area contributed by atoms with E-state index in [2.05, 4.69) is 11.4 Å². The van der Waals surface area contributed by atoms with Crippen molar-refractivity contribution >= 4 is 11.8 Å². The molecule has 1 saturated carbocycles. The molecule has 0 radical (unpaired) electrons. The van der Waals surface area contributed by atoms with Crippen molar-refractivity contribution in [3.63, 3.8) is 0 Å². The molecule has 0 unspecified atom stereocenters. The van der Waals surface area contributed by atoms with Gasteiger partial charge in [0.15, 0.2) is 0 Å². The standard InChI is InChI=1S/C24H25N3O2/c25-16-19-2-1-3-21(15-19)24(29)27-12-10-18(11-13-27)14-17-4-6-20(7-5-17)23(28)26-22-8-9-22/h1-7,15,18,22H,8-14H2,(H,26,28). The minimum atomic E-state index is 0.00609. The largest absolute Gasteiger partial charge is 0.349 e. The quantitative estimate of drug-likeness (QED) is 0.853. The predicted molar refractivity (Wildman–Crippen MR) is 110 cm³/mol. The summed E-state index contributed by atoms with van der Waals surface area (Å²) < 4.78 is 0. The third kappa shape index (κ3) is 4.83. The summed E-state index contributed by atoms with van der Waals surface area (Å²) in [5, 5.41) is 12.0. The summed E-state index contributed by atoms with van der Waals surface area (Å²) in [5.41, 5.74) is 3.06. The highest BCUT2D eigenvalue weighted by molar-refractivity contribution is 5.95. The smallest absolute Gasteiger partial charge is 0.253 e. The van der Waals surface area contributed by atoms with Gasteiger partial charge in [-0.2, -0.15) is 5.26 Å². The number of nitriles is 1. The van der Waals surface area contributed by atoms with E-state index in [1.54, 1.807) is 24.3 Å². The van der Waals surface area contributed by atoms with Crippen LogP contribution in [0.15, 0.2) is 48.5 Å². The molecule has 2 amide bonds. The average Bonchev–Trinajstić information content (AvgIpc) is 3.58. The number of nitrogens with one attached hydrogen (secondary N) is 1. The highest BCUT2D eigenvalue weighted by Crippen LogP contribution is 2.24. The summed E-state index contributed by atoms with van der Waals surface area (Å²) in [6.45, 7) is 1.48. The molecule has 4 rings (SSSR count). The van der Waals surface area contributed by atoms with Gasteiger partial charge >= 0.3 is 0 Å². The molecule has 2 aromatic rings. The summed E-state index contributed by atoms with van der Waals surface area (Å²) >= 11 is 0. The number of benzene rings is 2. The van der Waals surface area contributed by atoms with Crippen molar-refractivity contribution in [1.82, 2.24) is 10.2 Å². The first-order valence-electron chi connectivity index (χ1n) is 10.3. The fourth-order valence-corrected chi connectivity index (χ4v) is 3.87. The third-order valence-corrected chi connectivity index (χ3v) is 5.79. The van der Waals surface area contributed by atoms with Gasteiger partial charge < -0.3 is 10.2 Å². The van der Waals surface area contributed by atoms with E-state index < -0.39 is 0 Å². The molecule has 5 nitrogen and oxygen atoms in total. The Bertz CT molecular complexity index is 933. The molecule has 1 N–H and O–H groups in total. The maximum atomic E-state index is 12.7. The van der Waals surface area contributed by atoms with Gasteiger partial charge in [-0.15, -0.1) is 0 Å². The highest BCUT2D eigenvalue weighted by Gasteiger charge is 2.25. The molecule has 0 atom stereocenters. The molecular formula is C24H25N3O2. The lowest BCUT2D eigenvalue weighted by Gasteiger charge is -2.32. The van der Waals surface area contributed by atoms with Crippen molar-refractivity contribution in [3.05, 3.63) is 70.8 Å². The summed E-state index contributed by atoms with van der Waals surface area (Å²) in [7, 11) is 0. The SMILES string of the molecule is N#Cc1cccc(C(=O)N2CCC(Cc3ccc(C(=O)NC4CC4)cc3)CC2)c1. The number of rotatable bonds is 5. The Balaban J connectivity index is 1.28. The molecule has 0 bridgehead atoms. The van der Waals surface area contributed by atoms with E-state index in [0.717, 1.165) is 50.8 Å². The van der Waals surface area contributed by atoms with Crippen molar-refractivity contribution in [3.8, 4) is 6.07 Å². The fourth-order valence-electron chi connectivity index (χ4n) is 3.87. The molecule has 1 heterocycles. The lowest BCUT2D eigenvalue weighted by atomic mass is 9.89. The second kappa shape index (κ2) is 8.48. The zero-order valence-corrected chi connectivity index (χ0v) is 16.4. The minimum Gasteiger partial charge on any atom is -0.349 e. The predicted octanol–water partition coefficient (Wildman–Crippen LogP) is 3.55. The molecule has 0 spiro atoms. The van der Waals surface area contributed by atoms with Crippen LogP contribution in [0.1, 0.15) is 57.5 Å². The van der Waals surface area contributed by atoms with E-state index >= 15 is 0 Å². The van der Waals surface area contributed by atoms with Gasteiger partial charge in [-0.05, 0) is 73.9 Å². The second-order valence-electron chi connectivity index (χ2n) is 8.08. The van der Waals surface area contributed by atoms with Crippen LogP contribution >= 0.6 is 0 Å². The van der Waals surface area contributed by atoms with E-state index in [9.17, 15) is 9.59 Å². The van der Waals surface area contributed by atoms with Gasteiger partial charge in [-0.1, -0.05) is 18.2 Å². The topological polar surface area (TPSA) is 73.2 Å². The molecular weight excluding hydrogens is 362 g/mol. The van der Waals surface area contributed by atoms with Crippen molar-refractivity contribution in [2.45, 2.75) is 38.1 Å². The maximum Gasteiger partial charge on any atom is 0.253 e. The van der Waals surface area contributed by atoms with Gasteiger partial charge in [-0.3, -0.25) is 9.59 Å². The zero-order chi connectivity index (χ0) is 20.2. The Kier molecular flexibility index (Phi) is 5.62. The Morgan fingerprint density at radius 1 is 1.00 bits per heavy atom. The van der Waals surface area contributed by atoms with Crippen LogP contribution in [0, 0.1) is 17.2 Å². The average molecular weight is 387 g/mol. The van der Waals surface area contributed by atoms with Crippen LogP contribution in [0.5, 0.6) is 0 Å². The lowest BCUT2D eigenvalue weighted by molar-refractivity contribution is 0.0690. The summed E-state index contributed by atoms with van der Waals surface area (Å²) in [4.78, 5) is 26.7. The van der Waals surface area contributed by atoms with Crippen LogP contribution in [-0.4, -0.2) is 35.8 Å². The first kappa shape index (κ1) is 19.2. The third-order valence-electron chi connectivity index (χ3n) is 5.79. The van der Waals surface area contributed by atoms with Crippen LogP contribution in [0.25, 0.3) is 0 Å². The molecule has 2 aliphatic rings. The Hall–Kier alpha value is -3.13. The number of hydrogen-bond acceptors (Lipinski definition) is 3. The van der Waals surface area contributed by atoms with Gasteiger partial charge in [0.25, 0.3) is 11.8 Å². The van der Waals surface area contributed by atoms with Gasteiger partial charge in [0.1, 0.15) is 0 Å². The summed E-state index contributed by atoms with van der Waals surface area (Å²) in [5.74, 6) is 0.563. The molecule has 29 heavy (non-hydrogen) atoms. The number of amides is 2. The summed E-state index contributed by atoms with van der Waals surface area (Å²) in [6.07, 6.45) is 5.08.